The lowest BCUT2D eigenvalue weighted by Gasteiger charge is -2.29. The highest BCUT2D eigenvalue weighted by Crippen LogP contribution is 2.44. The molecule has 2 atom stereocenters. The normalized spacial score (nSPS) is 16.8. The Kier molecular flexibility index (Phi) is 7.76. The average molecular weight is 552 g/mol. The predicted molar refractivity (Wildman–Crippen MR) is 167 cm³/mol. The molecule has 1 fully saturated rings. The lowest BCUT2D eigenvalue weighted by atomic mass is 9.96. The number of amides is 1. The number of carbonyl (C=O) groups excluding carboxylic acids is 1. The van der Waals surface area contributed by atoms with Crippen LogP contribution in [0.25, 0.3) is 5.69 Å². The first-order valence-electron chi connectivity index (χ1n) is 13.9. The zero-order valence-electron chi connectivity index (χ0n) is 24.1. The summed E-state index contributed by atoms with van der Waals surface area (Å²) in [7, 11) is 0. The van der Waals surface area contributed by atoms with Gasteiger partial charge in [-0.05, 0) is 105 Å². The van der Waals surface area contributed by atoms with Crippen molar-refractivity contribution in [3.05, 3.63) is 106 Å². The third-order valence-electron chi connectivity index (χ3n) is 7.90. The molecule has 2 aromatic carbocycles. The molecule has 6 nitrogen and oxygen atoms in total. The molecule has 2 aromatic heterocycles. The maximum Gasteiger partial charge on any atom is 0.224 e. The van der Waals surface area contributed by atoms with E-state index in [-0.39, 0.29) is 18.0 Å². The second kappa shape index (κ2) is 11.3. The maximum absolute atomic E-state index is 12.1. The molecule has 4 aromatic rings. The van der Waals surface area contributed by atoms with Crippen LogP contribution in [0.5, 0.6) is 0 Å². The van der Waals surface area contributed by atoms with Crippen LogP contribution in [0.1, 0.15) is 71.7 Å². The standard InChI is InChI=1S/C33H37N5OS/c1-7-24-13-11-12-20(3)31(24)37-22(5)19-26(23(37)6)32-30(28-14-9-10-17-34-28)36-33(40)38(32)25-15-16-27(21(4)18-25)35-29(39)8-2/h9-19,30,32H,7-8H2,1-6H3,(H,35,39)(H,36,40)/t30-,32+/m0/s1. The van der Waals surface area contributed by atoms with Gasteiger partial charge in [-0.3, -0.25) is 9.78 Å². The SMILES string of the molecule is CCC(=O)Nc1ccc(N2C(=S)N[C@@H](c3ccccn3)[C@H]2c2cc(C)n(-c3c(C)cccc3CC)c2C)cc1C. The van der Waals surface area contributed by atoms with Gasteiger partial charge < -0.3 is 20.1 Å². The van der Waals surface area contributed by atoms with Gasteiger partial charge in [0.25, 0.3) is 0 Å². The molecule has 1 amide bonds. The molecular formula is C33H37N5OS. The molecule has 2 N–H and O–H groups in total. The van der Waals surface area contributed by atoms with Crippen LogP contribution < -0.4 is 15.5 Å². The minimum absolute atomic E-state index is 0.00241. The van der Waals surface area contributed by atoms with Gasteiger partial charge in [0.1, 0.15) is 0 Å². The van der Waals surface area contributed by atoms with Crippen molar-refractivity contribution in [2.24, 2.45) is 0 Å². The Balaban J connectivity index is 1.67. The molecule has 0 bridgehead atoms. The largest absolute Gasteiger partial charge is 0.351 e. The van der Waals surface area contributed by atoms with Crippen LogP contribution in [-0.2, 0) is 11.2 Å². The minimum atomic E-state index is -0.134. The Morgan fingerprint density at radius 2 is 1.80 bits per heavy atom. The second-order valence-electron chi connectivity index (χ2n) is 10.5. The van der Waals surface area contributed by atoms with E-state index in [0.29, 0.717) is 11.5 Å². The molecule has 0 radical (unpaired) electrons. The summed E-state index contributed by atoms with van der Waals surface area (Å²) >= 11 is 5.99. The lowest BCUT2D eigenvalue weighted by molar-refractivity contribution is -0.115. The zero-order valence-corrected chi connectivity index (χ0v) is 24.9. The summed E-state index contributed by atoms with van der Waals surface area (Å²) in [5.41, 5.74) is 11.1. The van der Waals surface area contributed by atoms with Gasteiger partial charge in [0.2, 0.25) is 5.91 Å². The van der Waals surface area contributed by atoms with Crippen molar-refractivity contribution < 1.29 is 4.79 Å². The summed E-state index contributed by atoms with van der Waals surface area (Å²) < 4.78 is 2.40. The molecule has 0 saturated carbocycles. The summed E-state index contributed by atoms with van der Waals surface area (Å²) in [6.45, 7) is 12.6. The molecule has 7 heteroatoms. The van der Waals surface area contributed by atoms with E-state index in [1.54, 1.807) is 0 Å². The van der Waals surface area contributed by atoms with E-state index in [2.05, 4.69) is 84.2 Å². The van der Waals surface area contributed by atoms with Crippen molar-refractivity contribution in [2.45, 2.75) is 66.5 Å². The number of nitrogens with zero attached hydrogens (tertiary/aromatic N) is 3. The Morgan fingerprint density at radius 3 is 2.48 bits per heavy atom. The van der Waals surface area contributed by atoms with E-state index in [9.17, 15) is 4.79 Å². The highest BCUT2D eigenvalue weighted by atomic mass is 32.1. The number of nitrogens with one attached hydrogen (secondary N) is 2. The van der Waals surface area contributed by atoms with Crippen molar-refractivity contribution in [2.75, 3.05) is 10.2 Å². The van der Waals surface area contributed by atoms with Crippen LogP contribution in [0.3, 0.4) is 0 Å². The molecular weight excluding hydrogens is 514 g/mol. The summed E-state index contributed by atoms with van der Waals surface area (Å²) in [4.78, 5) is 19.0. The topological polar surface area (TPSA) is 62.2 Å². The van der Waals surface area contributed by atoms with Gasteiger partial charge in [-0.25, -0.2) is 0 Å². The number of thiocarbonyl (C=S) groups is 1. The van der Waals surface area contributed by atoms with Crippen LogP contribution in [0.15, 0.2) is 66.9 Å². The quantitative estimate of drug-likeness (QED) is 0.238. The summed E-state index contributed by atoms with van der Waals surface area (Å²) in [5, 5.41) is 7.24. The van der Waals surface area contributed by atoms with Crippen LogP contribution in [-0.4, -0.2) is 20.6 Å². The third-order valence-corrected chi connectivity index (χ3v) is 8.21. The van der Waals surface area contributed by atoms with Gasteiger partial charge in [-0.1, -0.05) is 38.1 Å². The van der Waals surface area contributed by atoms with Crippen molar-refractivity contribution in [1.82, 2.24) is 14.9 Å². The van der Waals surface area contributed by atoms with Crippen molar-refractivity contribution in [3.63, 3.8) is 0 Å². The number of aryl methyl sites for hydroxylation is 4. The predicted octanol–water partition coefficient (Wildman–Crippen LogP) is 7.19. The molecule has 1 aliphatic heterocycles. The molecule has 206 valence electrons. The first-order valence-corrected chi connectivity index (χ1v) is 14.3. The van der Waals surface area contributed by atoms with E-state index in [1.165, 1.54) is 33.8 Å². The van der Waals surface area contributed by atoms with Crippen LogP contribution >= 0.6 is 12.2 Å². The number of para-hydroxylation sites is 1. The molecule has 0 spiro atoms. The Morgan fingerprint density at radius 1 is 1.00 bits per heavy atom. The molecule has 5 rings (SSSR count). The van der Waals surface area contributed by atoms with Gasteiger partial charge in [0.05, 0.1) is 23.5 Å². The summed E-state index contributed by atoms with van der Waals surface area (Å²) in [6, 6.07) is 20.7. The van der Waals surface area contributed by atoms with Crippen LogP contribution in [0.4, 0.5) is 11.4 Å². The fraction of sp³-hybridized carbons (Fsp3) is 0.303. The van der Waals surface area contributed by atoms with Gasteiger partial charge in [-0.15, -0.1) is 0 Å². The number of aromatic nitrogens is 2. The fourth-order valence-corrected chi connectivity index (χ4v) is 6.23. The Bertz CT molecular complexity index is 1580. The number of hydrogen-bond donors (Lipinski definition) is 2. The summed E-state index contributed by atoms with van der Waals surface area (Å²) in [6.07, 6.45) is 3.23. The molecule has 1 aliphatic rings. The van der Waals surface area contributed by atoms with Gasteiger partial charge in [0, 0.05) is 35.4 Å². The van der Waals surface area contributed by atoms with Crippen molar-refractivity contribution >= 4 is 34.6 Å². The highest BCUT2D eigenvalue weighted by molar-refractivity contribution is 7.80. The monoisotopic (exact) mass is 551 g/mol. The first kappa shape index (κ1) is 27.6. The smallest absolute Gasteiger partial charge is 0.224 e. The average Bonchev–Trinajstić information content (AvgIpc) is 3.44. The van der Waals surface area contributed by atoms with Gasteiger partial charge >= 0.3 is 0 Å². The number of benzene rings is 2. The maximum atomic E-state index is 12.1. The molecule has 3 heterocycles. The molecule has 0 aliphatic carbocycles. The van der Waals surface area contributed by atoms with E-state index in [1.807, 2.05) is 44.3 Å². The van der Waals surface area contributed by atoms with E-state index in [0.717, 1.165) is 29.1 Å². The number of hydrogen-bond acceptors (Lipinski definition) is 3. The third kappa shape index (κ3) is 4.90. The van der Waals surface area contributed by atoms with Crippen LogP contribution in [0, 0.1) is 27.7 Å². The first-order chi connectivity index (χ1) is 19.2. The van der Waals surface area contributed by atoms with Crippen molar-refractivity contribution in [1.29, 1.82) is 0 Å². The Hall–Kier alpha value is -3.97. The fourth-order valence-electron chi connectivity index (χ4n) is 5.88. The summed E-state index contributed by atoms with van der Waals surface area (Å²) in [5.74, 6) is -0.00241. The number of anilines is 2. The van der Waals surface area contributed by atoms with Gasteiger partial charge in [0.15, 0.2) is 5.11 Å². The lowest BCUT2D eigenvalue weighted by Crippen LogP contribution is -2.29. The minimum Gasteiger partial charge on any atom is -0.351 e. The van der Waals surface area contributed by atoms with E-state index in [4.69, 9.17) is 17.2 Å². The van der Waals surface area contributed by atoms with Crippen LogP contribution in [0.2, 0.25) is 0 Å². The highest BCUT2D eigenvalue weighted by Gasteiger charge is 2.42. The zero-order chi connectivity index (χ0) is 28.6. The van der Waals surface area contributed by atoms with Crippen molar-refractivity contribution in [3.8, 4) is 5.69 Å². The van der Waals surface area contributed by atoms with Gasteiger partial charge in [-0.2, -0.15) is 0 Å². The van der Waals surface area contributed by atoms with E-state index < -0.39 is 0 Å². The Labute approximate surface area is 242 Å². The molecule has 40 heavy (non-hydrogen) atoms. The van der Waals surface area contributed by atoms with E-state index >= 15 is 0 Å². The molecule has 1 saturated heterocycles. The number of rotatable bonds is 7. The second-order valence-corrected chi connectivity index (χ2v) is 10.9. The molecule has 0 unspecified atom stereocenters. The number of pyridine rings is 1. The number of carbonyl (C=O) groups is 1.